The molecule has 3 heterocycles. The third kappa shape index (κ3) is 5.58. The molecule has 1 aromatic carbocycles. The van der Waals surface area contributed by atoms with Gasteiger partial charge in [0, 0.05) is 19.3 Å². The number of imidazole rings is 1. The molecule has 0 spiro atoms. The molecule has 4 aromatic rings. The Morgan fingerprint density at radius 1 is 1.10 bits per heavy atom. The number of carbonyl (C=O) groups is 1. The Bertz CT molecular complexity index is 1650. The molecule has 0 fully saturated rings. The molecular weight excluding hydrogens is 529 g/mol. The minimum Gasteiger partial charge on any atom is -0.334 e. The van der Waals surface area contributed by atoms with Gasteiger partial charge in [-0.2, -0.15) is 18.3 Å². The van der Waals surface area contributed by atoms with Crippen LogP contribution in [-0.2, 0) is 30.6 Å². The van der Waals surface area contributed by atoms with E-state index in [0.29, 0.717) is 24.0 Å². The molecule has 3 aromatic heterocycles. The summed E-state index contributed by atoms with van der Waals surface area (Å²) in [4.78, 5) is 49.8. The molecule has 0 saturated carbocycles. The lowest BCUT2D eigenvalue weighted by Crippen LogP contribution is -2.41. The number of hydrogen-bond acceptors (Lipinski definition) is 6. The molecule has 40 heavy (non-hydrogen) atoms. The first-order chi connectivity index (χ1) is 19.0. The van der Waals surface area contributed by atoms with Crippen LogP contribution in [0.15, 0.2) is 46.2 Å². The number of halogens is 3. The van der Waals surface area contributed by atoms with Gasteiger partial charge in [-0.3, -0.25) is 18.6 Å². The second kappa shape index (κ2) is 11.5. The van der Waals surface area contributed by atoms with Gasteiger partial charge in [-0.05, 0) is 37.5 Å². The predicted molar refractivity (Wildman–Crippen MR) is 142 cm³/mol. The van der Waals surface area contributed by atoms with E-state index in [1.165, 1.54) is 27.7 Å². The van der Waals surface area contributed by atoms with Gasteiger partial charge in [0.15, 0.2) is 17.0 Å². The second-order valence-electron chi connectivity index (χ2n) is 9.61. The zero-order valence-corrected chi connectivity index (χ0v) is 22.7. The molecule has 0 aliphatic heterocycles. The monoisotopic (exact) mass is 560 g/mol. The van der Waals surface area contributed by atoms with Crippen molar-refractivity contribution in [1.82, 2.24) is 28.6 Å². The van der Waals surface area contributed by atoms with Gasteiger partial charge < -0.3 is 4.84 Å². The molecule has 0 saturated heterocycles. The maximum Gasteiger partial charge on any atom is 0.416 e. The van der Waals surface area contributed by atoms with Crippen molar-refractivity contribution in [3.63, 3.8) is 0 Å². The van der Waals surface area contributed by atoms with Crippen molar-refractivity contribution in [2.75, 3.05) is 0 Å². The molecule has 0 amide bonds. The van der Waals surface area contributed by atoms with Gasteiger partial charge in [-0.15, -0.1) is 4.73 Å². The van der Waals surface area contributed by atoms with E-state index in [4.69, 9.17) is 4.84 Å². The molecule has 4 rings (SSSR count). The van der Waals surface area contributed by atoms with Crippen LogP contribution in [-0.4, -0.2) is 34.6 Å². The van der Waals surface area contributed by atoms with Gasteiger partial charge in [0.2, 0.25) is 0 Å². The van der Waals surface area contributed by atoms with E-state index in [-0.39, 0.29) is 36.6 Å². The lowest BCUT2D eigenvalue weighted by molar-refractivity contribution is -0.148. The fourth-order valence-electron chi connectivity index (χ4n) is 4.52. The van der Waals surface area contributed by atoms with Crippen LogP contribution in [0.2, 0.25) is 0 Å². The molecule has 0 radical (unpaired) electrons. The van der Waals surface area contributed by atoms with Crippen LogP contribution >= 0.6 is 0 Å². The molecule has 0 aliphatic rings. The molecule has 1 atom stereocenters. The number of alkyl halides is 3. The van der Waals surface area contributed by atoms with Crippen molar-refractivity contribution < 1.29 is 22.8 Å². The number of hydrogen-bond donors (Lipinski definition) is 0. The van der Waals surface area contributed by atoms with Crippen LogP contribution in [0.1, 0.15) is 58.1 Å². The van der Waals surface area contributed by atoms with Gasteiger partial charge in [-0.25, -0.2) is 14.6 Å². The van der Waals surface area contributed by atoms with Crippen molar-refractivity contribution in [3.8, 4) is 11.4 Å². The van der Waals surface area contributed by atoms with Gasteiger partial charge in [0.25, 0.3) is 5.56 Å². The van der Waals surface area contributed by atoms with Crippen LogP contribution in [0.25, 0.3) is 22.6 Å². The normalized spacial score (nSPS) is 12.7. The lowest BCUT2D eigenvalue weighted by Gasteiger charge is -2.13. The fraction of sp³-hybridized carbons (Fsp3) is 0.444. The third-order valence-corrected chi connectivity index (χ3v) is 6.54. The summed E-state index contributed by atoms with van der Waals surface area (Å²) in [6.45, 7) is 7.64. The quantitative estimate of drug-likeness (QED) is 0.289. The van der Waals surface area contributed by atoms with Gasteiger partial charge >= 0.3 is 17.8 Å². The molecule has 10 nitrogen and oxygen atoms in total. The number of fused-ring (bicyclic) bond motifs is 1. The average molecular weight is 561 g/mol. The second-order valence-corrected chi connectivity index (χ2v) is 9.61. The SMILES string of the molecule is CCCC(C)C(=O)On1c(-c2cnn(Cc3cccc(C(F)(F)F)c3)c2)nc2c1c(=O)n(CCC)c(=O)n2CC. The average Bonchev–Trinajstić information content (AvgIpc) is 3.51. The molecule has 0 N–H and O–H groups in total. The van der Waals surface area contributed by atoms with Gasteiger partial charge in [0.05, 0.1) is 29.8 Å². The highest BCUT2D eigenvalue weighted by molar-refractivity contribution is 5.79. The van der Waals surface area contributed by atoms with E-state index in [2.05, 4.69) is 10.1 Å². The van der Waals surface area contributed by atoms with E-state index >= 15 is 0 Å². The number of benzene rings is 1. The Balaban J connectivity index is 1.85. The summed E-state index contributed by atoms with van der Waals surface area (Å²) in [5.41, 5.74) is -1.22. The zero-order valence-electron chi connectivity index (χ0n) is 22.7. The van der Waals surface area contributed by atoms with Crippen LogP contribution in [0, 0.1) is 5.92 Å². The molecule has 0 bridgehead atoms. The summed E-state index contributed by atoms with van der Waals surface area (Å²) < 4.78 is 44.4. The van der Waals surface area contributed by atoms with E-state index in [1.54, 1.807) is 19.9 Å². The topological polar surface area (TPSA) is 106 Å². The molecule has 1 unspecified atom stereocenters. The summed E-state index contributed by atoms with van der Waals surface area (Å²) in [6, 6.07) is 4.92. The Kier molecular flexibility index (Phi) is 8.31. The standard InChI is InChI=1S/C27H31F3N6O4/c1-5-9-17(4)25(38)40-36-21-23(34(7-3)26(39)35(12-6-2)24(21)37)32-22(36)19-14-31-33(16-19)15-18-10-8-11-20(13-18)27(28,29)30/h8,10-11,13-14,16-17H,5-7,9,12,15H2,1-4H3. The number of aryl methyl sites for hydroxylation is 1. The first kappa shape index (κ1) is 28.8. The van der Waals surface area contributed by atoms with E-state index in [1.807, 2.05) is 13.8 Å². The maximum atomic E-state index is 13.5. The van der Waals surface area contributed by atoms with Crippen LogP contribution in [0.5, 0.6) is 0 Å². The Morgan fingerprint density at radius 2 is 1.85 bits per heavy atom. The van der Waals surface area contributed by atoms with Gasteiger partial charge in [-0.1, -0.05) is 39.3 Å². The number of nitrogens with zero attached hydrogens (tertiary/aromatic N) is 6. The summed E-state index contributed by atoms with van der Waals surface area (Å²) in [5, 5.41) is 4.25. The van der Waals surface area contributed by atoms with Crippen molar-refractivity contribution in [3.05, 3.63) is 68.6 Å². The van der Waals surface area contributed by atoms with Crippen LogP contribution in [0.4, 0.5) is 13.2 Å². The highest BCUT2D eigenvalue weighted by Crippen LogP contribution is 2.30. The van der Waals surface area contributed by atoms with E-state index in [0.717, 1.165) is 27.9 Å². The fourth-order valence-corrected chi connectivity index (χ4v) is 4.52. The largest absolute Gasteiger partial charge is 0.416 e. The highest BCUT2D eigenvalue weighted by Gasteiger charge is 2.30. The lowest BCUT2D eigenvalue weighted by atomic mass is 10.1. The van der Waals surface area contributed by atoms with Crippen molar-refractivity contribution in [2.45, 2.75) is 72.8 Å². The Morgan fingerprint density at radius 3 is 2.50 bits per heavy atom. The molecule has 13 heteroatoms. The Hall–Kier alpha value is -4.16. The van der Waals surface area contributed by atoms with E-state index in [9.17, 15) is 27.6 Å². The third-order valence-electron chi connectivity index (χ3n) is 6.54. The maximum absolute atomic E-state index is 13.5. The van der Waals surface area contributed by atoms with Crippen molar-refractivity contribution >= 4 is 17.1 Å². The van der Waals surface area contributed by atoms with Crippen molar-refractivity contribution in [1.29, 1.82) is 0 Å². The smallest absolute Gasteiger partial charge is 0.334 e. The minimum absolute atomic E-state index is 0.0282. The minimum atomic E-state index is -4.48. The van der Waals surface area contributed by atoms with Crippen LogP contribution in [0.3, 0.4) is 0 Å². The number of carbonyl (C=O) groups excluding carboxylic acids is 1. The van der Waals surface area contributed by atoms with Gasteiger partial charge in [0.1, 0.15) is 0 Å². The van der Waals surface area contributed by atoms with E-state index < -0.39 is 34.9 Å². The molecular formula is C27H31F3N6O4. The summed E-state index contributed by atoms with van der Waals surface area (Å²) in [7, 11) is 0. The zero-order chi connectivity index (χ0) is 29.2. The summed E-state index contributed by atoms with van der Waals surface area (Å²) in [6.07, 6.45) is 0.299. The first-order valence-corrected chi connectivity index (χ1v) is 13.2. The first-order valence-electron chi connectivity index (χ1n) is 13.2. The number of aromatic nitrogens is 6. The molecule has 214 valence electrons. The molecule has 0 aliphatic carbocycles. The van der Waals surface area contributed by atoms with Crippen molar-refractivity contribution in [2.24, 2.45) is 5.92 Å². The Labute approximate surface area is 227 Å². The predicted octanol–water partition coefficient (Wildman–Crippen LogP) is 4.11. The highest BCUT2D eigenvalue weighted by atomic mass is 19.4. The van der Waals surface area contributed by atoms with Crippen LogP contribution < -0.4 is 16.1 Å². The summed E-state index contributed by atoms with van der Waals surface area (Å²) >= 11 is 0. The summed E-state index contributed by atoms with van der Waals surface area (Å²) in [5.74, 6) is -0.974. The number of rotatable bonds is 10.